The predicted octanol–water partition coefficient (Wildman–Crippen LogP) is 4.76. The molecule has 6 rings (SSSR count). The lowest BCUT2D eigenvalue weighted by atomic mass is 9.84. The topological polar surface area (TPSA) is 88.4 Å². The molecule has 7 nitrogen and oxygen atoms in total. The Morgan fingerprint density at radius 2 is 2.00 bits per heavy atom. The van der Waals surface area contributed by atoms with E-state index in [9.17, 15) is 14.0 Å². The van der Waals surface area contributed by atoms with Crippen molar-refractivity contribution in [2.45, 2.75) is 25.3 Å². The lowest BCUT2D eigenvalue weighted by Crippen LogP contribution is -2.28. The first kappa shape index (κ1) is 20.8. The maximum atomic E-state index is 14.1. The summed E-state index contributed by atoms with van der Waals surface area (Å²) in [6.45, 7) is 0. The fourth-order valence-electron chi connectivity index (χ4n) is 4.57. The second-order valence-corrected chi connectivity index (χ2v) is 9.06. The first-order chi connectivity index (χ1) is 16.5. The van der Waals surface area contributed by atoms with E-state index in [4.69, 9.17) is 11.6 Å². The number of hydrogen-bond donors (Lipinski definition) is 2. The summed E-state index contributed by atoms with van der Waals surface area (Å²) in [5.74, 6) is -0.907. The van der Waals surface area contributed by atoms with Gasteiger partial charge in [-0.25, -0.2) is 13.9 Å². The molecule has 0 saturated heterocycles. The highest BCUT2D eigenvalue weighted by Crippen LogP contribution is 2.42. The molecule has 0 spiro atoms. The summed E-state index contributed by atoms with van der Waals surface area (Å²) in [7, 11) is 0. The van der Waals surface area contributed by atoms with E-state index in [0.717, 1.165) is 30.4 Å². The quantitative estimate of drug-likeness (QED) is 0.445. The molecule has 170 valence electrons. The van der Waals surface area contributed by atoms with Crippen LogP contribution in [0.5, 0.6) is 0 Å². The summed E-state index contributed by atoms with van der Waals surface area (Å²) in [6, 6.07) is 10.7. The molecule has 0 radical (unpaired) electrons. The van der Waals surface area contributed by atoms with Gasteiger partial charge >= 0.3 is 0 Å². The van der Waals surface area contributed by atoms with Gasteiger partial charge in [0.05, 0.1) is 6.04 Å². The summed E-state index contributed by atoms with van der Waals surface area (Å²) < 4.78 is 15.7. The average molecular weight is 476 g/mol. The Kier molecular flexibility index (Phi) is 4.84. The van der Waals surface area contributed by atoms with Crippen LogP contribution in [-0.4, -0.2) is 26.4 Å². The number of carbonyl (C=O) groups excluding carboxylic acids is 2. The fraction of sp³-hybridized carbons (Fsp3) is 0.200. The number of nitrogens with one attached hydrogen (secondary N) is 2. The van der Waals surface area contributed by atoms with Crippen molar-refractivity contribution in [3.63, 3.8) is 0 Å². The molecule has 1 saturated carbocycles. The van der Waals surface area contributed by atoms with Gasteiger partial charge in [0, 0.05) is 45.1 Å². The number of fused-ring (bicyclic) bond motifs is 2. The van der Waals surface area contributed by atoms with Gasteiger partial charge in [-0.3, -0.25) is 9.59 Å². The summed E-state index contributed by atoms with van der Waals surface area (Å²) in [4.78, 5) is 30.1. The van der Waals surface area contributed by atoms with Gasteiger partial charge in [0.1, 0.15) is 12.1 Å². The van der Waals surface area contributed by atoms with Crippen molar-refractivity contribution in [3.8, 4) is 11.1 Å². The normalized spacial score (nSPS) is 17.4. The zero-order valence-electron chi connectivity index (χ0n) is 17.9. The molecule has 1 atom stereocenters. The number of rotatable bonds is 4. The number of amides is 2. The molecule has 4 aromatic rings. The van der Waals surface area contributed by atoms with Crippen molar-refractivity contribution in [2.24, 2.45) is 5.92 Å². The Labute approximate surface area is 199 Å². The van der Waals surface area contributed by atoms with Gasteiger partial charge in [-0.15, -0.1) is 0 Å². The average Bonchev–Trinajstić information content (AvgIpc) is 3.38. The highest BCUT2D eigenvalue weighted by molar-refractivity contribution is 6.31. The second kappa shape index (κ2) is 7.92. The van der Waals surface area contributed by atoms with Gasteiger partial charge in [-0.1, -0.05) is 18.0 Å². The molecular formula is C25H19ClFN5O2. The zero-order valence-corrected chi connectivity index (χ0v) is 18.6. The number of halogens is 2. The minimum atomic E-state index is -0.686. The van der Waals surface area contributed by atoms with E-state index >= 15 is 0 Å². The Balaban J connectivity index is 1.51. The van der Waals surface area contributed by atoms with Crippen LogP contribution in [-0.2, 0) is 4.79 Å². The Morgan fingerprint density at radius 3 is 2.79 bits per heavy atom. The Bertz CT molecular complexity index is 1480. The number of pyridine rings is 1. The maximum Gasteiger partial charge on any atom is 0.252 e. The Hall–Kier alpha value is -3.78. The molecule has 3 heterocycles. The van der Waals surface area contributed by atoms with E-state index < -0.39 is 11.9 Å². The largest absolute Gasteiger partial charge is 0.341 e. The summed E-state index contributed by atoms with van der Waals surface area (Å²) >= 11 is 6.38. The number of anilines is 1. The molecule has 0 bridgehead atoms. The van der Waals surface area contributed by atoms with Crippen LogP contribution in [0.4, 0.5) is 10.1 Å². The van der Waals surface area contributed by atoms with Gasteiger partial charge in [-0.2, -0.15) is 5.10 Å². The van der Waals surface area contributed by atoms with Crippen molar-refractivity contribution in [1.29, 1.82) is 0 Å². The van der Waals surface area contributed by atoms with Crippen molar-refractivity contribution in [2.75, 3.05) is 5.32 Å². The first-order valence-electron chi connectivity index (χ1n) is 11.0. The van der Waals surface area contributed by atoms with E-state index in [0.29, 0.717) is 33.0 Å². The van der Waals surface area contributed by atoms with E-state index in [-0.39, 0.29) is 17.7 Å². The van der Waals surface area contributed by atoms with E-state index in [2.05, 4.69) is 20.7 Å². The van der Waals surface area contributed by atoms with Gasteiger partial charge < -0.3 is 10.6 Å². The van der Waals surface area contributed by atoms with Gasteiger partial charge in [0.15, 0.2) is 5.65 Å². The van der Waals surface area contributed by atoms with Gasteiger partial charge in [0.2, 0.25) is 5.91 Å². The minimum Gasteiger partial charge on any atom is -0.341 e. The molecule has 2 amide bonds. The third-order valence-corrected chi connectivity index (χ3v) is 6.94. The van der Waals surface area contributed by atoms with E-state index in [1.807, 2.05) is 24.4 Å². The van der Waals surface area contributed by atoms with Crippen LogP contribution in [0.2, 0.25) is 5.02 Å². The fourth-order valence-corrected chi connectivity index (χ4v) is 4.79. The monoisotopic (exact) mass is 475 g/mol. The zero-order chi connectivity index (χ0) is 23.4. The molecule has 1 unspecified atom stereocenters. The smallest absolute Gasteiger partial charge is 0.252 e. The van der Waals surface area contributed by atoms with Crippen molar-refractivity contribution < 1.29 is 14.0 Å². The lowest BCUT2D eigenvalue weighted by molar-refractivity contribution is -0.122. The number of hydrogen-bond acceptors (Lipinski definition) is 4. The standard InChI is InChI=1S/C25H19ClFN5O2/c26-19-6-5-16(27)10-17(19)23-22-18(25(34)31-23)8-15(9-20(22)30-24(33)13-2-1-3-13)14-4-7-21-28-12-29-32(21)11-14/h4-13,23H,1-3H2,(H,30,33)(H,31,34). The molecule has 2 N–H and O–H groups in total. The maximum absolute atomic E-state index is 14.1. The molecule has 9 heteroatoms. The summed E-state index contributed by atoms with van der Waals surface area (Å²) in [6.07, 6.45) is 5.98. The number of aromatic nitrogens is 3. The van der Waals surface area contributed by atoms with Crippen LogP contribution < -0.4 is 10.6 Å². The van der Waals surface area contributed by atoms with Gasteiger partial charge in [-0.05, 0) is 60.9 Å². The lowest BCUT2D eigenvalue weighted by Gasteiger charge is -2.25. The van der Waals surface area contributed by atoms with Crippen molar-refractivity contribution in [3.05, 3.63) is 82.5 Å². The van der Waals surface area contributed by atoms with E-state index in [1.165, 1.54) is 24.5 Å². The van der Waals surface area contributed by atoms with Gasteiger partial charge in [0.25, 0.3) is 5.91 Å². The first-order valence-corrected chi connectivity index (χ1v) is 11.4. The van der Waals surface area contributed by atoms with Crippen molar-refractivity contribution in [1.82, 2.24) is 19.9 Å². The summed E-state index contributed by atoms with van der Waals surface area (Å²) in [5.41, 5.74) is 4.17. The molecular weight excluding hydrogens is 457 g/mol. The van der Waals surface area contributed by atoms with Crippen LogP contribution in [0.3, 0.4) is 0 Å². The SMILES string of the molecule is O=C1NC(c2cc(F)ccc2Cl)c2c(NC(=O)C3CCC3)cc(-c3ccc4ncnn4c3)cc21. The molecule has 2 aliphatic rings. The highest BCUT2D eigenvalue weighted by Gasteiger charge is 2.36. The van der Waals surface area contributed by atoms with Crippen LogP contribution in [0, 0.1) is 11.7 Å². The number of nitrogens with zero attached hydrogens (tertiary/aromatic N) is 3. The van der Waals surface area contributed by atoms with Crippen LogP contribution in [0.1, 0.15) is 46.8 Å². The third kappa shape index (κ3) is 3.42. The third-order valence-electron chi connectivity index (χ3n) is 6.60. The van der Waals surface area contributed by atoms with Crippen molar-refractivity contribution >= 4 is 34.7 Å². The van der Waals surface area contributed by atoms with Crippen LogP contribution >= 0.6 is 11.6 Å². The predicted molar refractivity (Wildman–Crippen MR) is 125 cm³/mol. The summed E-state index contributed by atoms with van der Waals surface area (Å²) in [5, 5.41) is 10.5. The molecule has 1 aliphatic heterocycles. The highest BCUT2D eigenvalue weighted by atomic mass is 35.5. The molecule has 34 heavy (non-hydrogen) atoms. The Morgan fingerprint density at radius 1 is 1.15 bits per heavy atom. The minimum absolute atomic E-state index is 0.0490. The molecule has 1 aliphatic carbocycles. The molecule has 1 fully saturated rings. The number of benzene rings is 2. The van der Waals surface area contributed by atoms with E-state index in [1.54, 1.807) is 10.6 Å². The molecule has 2 aromatic carbocycles. The molecule has 2 aromatic heterocycles. The van der Waals surface area contributed by atoms with Crippen LogP contribution in [0.15, 0.2) is 55.0 Å². The van der Waals surface area contributed by atoms with Crippen LogP contribution in [0.25, 0.3) is 16.8 Å². The number of carbonyl (C=O) groups is 2. The second-order valence-electron chi connectivity index (χ2n) is 8.66.